The highest BCUT2D eigenvalue weighted by Crippen LogP contribution is 2.34. The smallest absolute Gasteiger partial charge is 0.265 e. The molecule has 0 saturated heterocycles. The maximum atomic E-state index is 13.1. The largest absolute Gasteiger partial charge is 0.338 e. The van der Waals surface area contributed by atoms with Crippen molar-refractivity contribution in [1.29, 1.82) is 0 Å². The Balaban J connectivity index is 2.01. The van der Waals surface area contributed by atoms with E-state index in [2.05, 4.69) is 4.99 Å². The van der Waals surface area contributed by atoms with Crippen LogP contribution in [0.1, 0.15) is 21.8 Å². The van der Waals surface area contributed by atoms with Crippen LogP contribution in [0.3, 0.4) is 0 Å². The van der Waals surface area contributed by atoms with Crippen molar-refractivity contribution in [2.75, 3.05) is 32.1 Å². The van der Waals surface area contributed by atoms with E-state index in [1.54, 1.807) is 42.6 Å². The molecule has 5 nitrogen and oxygen atoms in total. The predicted molar refractivity (Wildman–Crippen MR) is 103 cm³/mol. The molecule has 1 aliphatic rings. The standard InChI is InChI=1S/C20H20ClN3O2/c1-23(2)12-11-22-13-16-14-7-3-4-8-15(14)19(25)24(20(16)26)18-10-6-5-9-17(18)21/h3-10,13,16H,11-12H2,1-2H3/p+1. The summed E-state index contributed by atoms with van der Waals surface area (Å²) in [6, 6.07) is 14.0. The van der Waals surface area contributed by atoms with Crippen molar-refractivity contribution in [2.45, 2.75) is 5.92 Å². The third-order valence-electron chi connectivity index (χ3n) is 4.30. The lowest BCUT2D eigenvalue weighted by Gasteiger charge is -2.31. The number of hydrogen-bond donors (Lipinski definition) is 1. The van der Waals surface area contributed by atoms with Gasteiger partial charge >= 0.3 is 0 Å². The van der Waals surface area contributed by atoms with Crippen molar-refractivity contribution < 1.29 is 14.5 Å². The van der Waals surface area contributed by atoms with E-state index < -0.39 is 5.92 Å². The van der Waals surface area contributed by atoms with Gasteiger partial charge in [-0.05, 0) is 23.8 Å². The summed E-state index contributed by atoms with van der Waals surface area (Å²) in [5.74, 6) is -1.29. The van der Waals surface area contributed by atoms with Crippen LogP contribution in [-0.4, -0.2) is 45.2 Å². The van der Waals surface area contributed by atoms with Gasteiger partial charge in [0.15, 0.2) is 0 Å². The fraction of sp³-hybridized carbons (Fsp3) is 0.250. The summed E-state index contributed by atoms with van der Waals surface area (Å²) in [4.78, 5) is 32.9. The first-order valence-electron chi connectivity index (χ1n) is 8.51. The van der Waals surface area contributed by atoms with Crippen LogP contribution in [0.25, 0.3) is 0 Å². The van der Waals surface area contributed by atoms with Crippen LogP contribution >= 0.6 is 11.6 Å². The molecule has 134 valence electrons. The normalized spacial score (nSPS) is 17.2. The van der Waals surface area contributed by atoms with E-state index in [9.17, 15) is 9.59 Å². The first-order valence-corrected chi connectivity index (χ1v) is 8.89. The second-order valence-corrected chi connectivity index (χ2v) is 6.91. The Morgan fingerprint density at radius 1 is 1.12 bits per heavy atom. The van der Waals surface area contributed by atoms with Gasteiger partial charge in [0, 0.05) is 11.8 Å². The van der Waals surface area contributed by atoms with Gasteiger partial charge in [0.2, 0.25) is 5.91 Å². The van der Waals surface area contributed by atoms with Gasteiger partial charge in [-0.15, -0.1) is 0 Å². The Bertz CT molecular complexity index is 864. The average molecular weight is 371 g/mol. The number of fused-ring (bicyclic) bond motifs is 1. The number of nitrogens with zero attached hydrogens (tertiary/aromatic N) is 2. The minimum Gasteiger partial charge on any atom is -0.338 e. The number of nitrogens with one attached hydrogen (secondary N) is 1. The number of amides is 2. The molecule has 1 aliphatic heterocycles. The summed E-state index contributed by atoms with van der Waals surface area (Å²) in [6.07, 6.45) is 1.65. The van der Waals surface area contributed by atoms with E-state index in [4.69, 9.17) is 11.6 Å². The molecule has 0 aromatic heterocycles. The Kier molecular flexibility index (Phi) is 5.49. The van der Waals surface area contributed by atoms with Crippen LogP contribution in [-0.2, 0) is 4.79 Å². The first-order chi connectivity index (χ1) is 12.5. The van der Waals surface area contributed by atoms with E-state index in [1.165, 1.54) is 9.80 Å². The van der Waals surface area contributed by atoms with Crippen LogP contribution in [0.4, 0.5) is 5.69 Å². The number of quaternary nitrogens is 1. The second-order valence-electron chi connectivity index (χ2n) is 6.51. The molecule has 0 fully saturated rings. The summed E-state index contributed by atoms with van der Waals surface area (Å²) in [5.41, 5.74) is 1.59. The molecule has 0 bridgehead atoms. The maximum Gasteiger partial charge on any atom is 0.265 e. The van der Waals surface area contributed by atoms with E-state index in [1.807, 2.05) is 26.2 Å². The molecule has 6 heteroatoms. The van der Waals surface area contributed by atoms with Crippen molar-refractivity contribution in [3.05, 3.63) is 64.7 Å². The SMILES string of the molecule is C[NH+](C)CCN=CC1C(=O)N(c2ccccc2Cl)C(=O)c2ccccc21. The van der Waals surface area contributed by atoms with Crippen LogP contribution in [0.2, 0.25) is 5.02 Å². The molecule has 0 spiro atoms. The number of anilines is 1. The highest BCUT2D eigenvalue weighted by molar-refractivity contribution is 6.37. The zero-order valence-electron chi connectivity index (χ0n) is 14.8. The predicted octanol–water partition coefficient (Wildman–Crippen LogP) is 1.83. The Hall–Kier alpha value is -2.50. The first kappa shape index (κ1) is 18.3. The van der Waals surface area contributed by atoms with E-state index in [-0.39, 0.29) is 11.8 Å². The topological polar surface area (TPSA) is 54.2 Å². The van der Waals surface area contributed by atoms with Crippen LogP contribution in [0.15, 0.2) is 53.5 Å². The molecule has 1 unspecified atom stereocenters. The minimum absolute atomic E-state index is 0.331. The van der Waals surface area contributed by atoms with Crippen LogP contribution in [0.5, 0.6) is 0 Å². The number of para-hydroxylation sites is 1. The van der Waals surface area contributed by atoms with Crippen LogP contribution in [0, 0.1) is 0 Å². The number of benzene rings is 2. The van der Waals surface area contributed by atoms with Gasteiger partial charge in [-0.25, -0.2) is 4.90 Å². The number of carbonyl (C=O) groups is 2. The molecule has 26 heavy (non-hydrogen) atoms. The molecule has 0 aliphatic carbocycles. The third-order valence-corrected chi connectivity index (χ3v) is 4.62. The number of aliphatic imine (C=N–C) groups is 1. The lowest BCUT2D eigenvalue weighted by molar-refractivity contribution is -0.856. The van der Waals surface area contributed by atoms with Gasteiger partial charge < -0.3 is 4.90 Å². The molecule has 3 rings (SSSR count). The van der Waals surface area contributed by atoms with Gasteiger partial charge in [0.25, 0.3) is 5.91 Å². The zero-order chi connectivity index (χ0) is 18.7. The highest BCUT2D eigenvalue weighted by Gasteiger charge is 2.39. The summed E-state index contributed by atoms with van der Waals surface area (Å²) in [6.45, 7) is 1.49. The van der Waals surface area contributed by atoms with Crippen molar-refractivity contribution in [3.8, 4) is 0 Å². The average Bonchev–Trinajstić information content (AvgIpc) is 2.62. The van der Waals surface area contributed by atoms with E-state index in [0.717, 1.165) is 6.54 Å². The zero-order valence-corrected chi connectivity index (χ0v) is 15.5. The number of carbonyl (C=O) groups excluding carboxylic acids is 2. The number of likely N-dealkylation sites (N-methyl/N-ethyl adjacent to an activating group) is 1. The van der Waals surface area contributed by atoms with Crippen molar-refractivity contribution in [3.63, 3.8) is 0 Å². The number of halogens is 1. The summed E-state index contributed by atoms with van der Waals surface area (Å²) in [5, 5.41) is 0.362. The lowest BCUT2D eigenvalue weighted by Crippen LogP contribution is -3.06. The quantitative estimate of drug-likeness (QED) is 0.645. The Labute approximate surface area is 157 Å². The highest BCUT2D eigenvalue weighted by atomic mass is 35.5. The lowest BCUT2D eigenvalue weighted by atomic mass is 9.89. The molecule has 1 N–H and O–H groups in total. The molecule has 1 heterocycles. The van der Waals surface area contributed by atoms with Crippen molar-refractivity contribution >= 4 is 35.3 Å². The van der Waals surface area contributed by atoms with Crippen molar-refractivity contribution in [2.24, 2.45) is 4.99 Å². The second kappa shape index (κ2) is 7.81. The fourth-order valence-electron chi connectivity index (χ4n) is 2.93. The van der Waals surface area contributed by atoms with Gasteiger partial charge in [0.05, 0.1) is 43.8 Å². The van der Waals surface area contributed by atoms with Crippen LogP contribution < -0.4 is 9.80 Å². The Morgan fingerprint density at radius 2 is 1.81 bits per heavy atom. The third kappa shape index (κ3) is 3.54. The molecular weight excluding hydrogens is 350 g/mol. The maximum absolute atomic E-state index is 13.1. The van der Waals surface area contributed by atoms with Gasteiger partial charge in [-0.2, -0.15) is 0 Å². The van der Waals surface area contributed by atoms with Gasteiger partial charge in [-0.3, -0.25) is 14.6 Å². The molecule has 2 amide bonds. The van der Waals surface area contributed by atoms with E-state index in [0.29, 0.717) is 28.4 Å². The van der Waals surface area contributed by atoms with Gasteiger partial charge in [0.1, 0.15) is 0 Å². The van der Waals surface area contributed by atoms with Gasteiger partial charge in [-0.1, -0.05) is 41.9 Å². The van der Waals surface area contributed by atoms with Crippen molar-refractivity contribution in [1.82, 2.24) is 0 Å². The Morgan fingerprint density at radius 3 is 2.54 bits per heavy atom. The molecule has 0 saturated carbocycles. The summed E-state index contributed by atoms with van der Waals surface area (Å²) >= 11 is 6.24. The monoisotopic (exact) mass is 370 g/mol. The fourth-order valence-corrected chi connectivity index (χ4v) is 3.15. The molecular formula is C20H21ClN3O2+. The molecule has 1 atom stereocenters. The summed E-state index contributed by atoms with van der Waals surface area (Å²) < 4.78 is 0. The number of hydrogen-bond acceptors (Lipinski definition) is 3. The summed E-state index contributed by atoms with van der Waals surface area (Å²) in [7, 11) is 4.10. The number of rotatable bonds is 5. The molecule has 0 radical (unpaired) electrons. The minimum atomic E-state index is -0.600. The molecule has 2 aromatic carbocycles. The molecule has 2 aromatic rings. The number of imide groups is 1. The van der Waals surface area contributed by atoms with E-state index >= 15 is 0 Å².